The molecule has 130 valence electrons. The van der Waals surface area contributed by atoms with Crippen LogP contribution in [0.1, 0.15) is 54.4 Å². The van der Waals surface area contributed by atoms with Gasteiger partial charge in [0.15, 0.2) is 0 Å². The highest BCUT2D eigenvalue weighted by atomic mass is 32.2. The number of pyridine rings is 1. The summed E-state index contributed by atoms with van der Waals surface area (Å²) < 4.78 is 4.97. The Morgan fingerprint density at radius 3 is 2.84 bits per heavy atom. The molecule has 25 heavy (non-hydrogen) atoms. The second-order valence-corrected chi connectivity index (χ2v) is 7.90. The number of hydrogen-bond acceptors (Lipinski definition) is 4. The topological polar surface area (TPSA) is 39.2 Å². The minimum Gasteiger partial charge on any atom is -0.462 e. The Kier molecular flexibility index (Phi) is 5.28. The van der Waals surface area contributed by atoms with Gasteiger partial charge in [-0.25, -0.2) is 4.79 Å². The third kappa shape index (κ3) is 4.13. The zero-order chi connectivity index (χ0) is 17.9. The van der Waals surface area contributed by atoms with Gasteiger partial charge >= 0.3 is 5.97 Å². The molecule has 0 unspecified atom stereocenters. The summed E-state index contributed by atoms with van der Waals surface area (Å²) in [5, 5.41) is 0. The Morgan fingerprint density at radius 2 is 2.12 bits per heavy atom. The highest BCUT2D eigenvalue weighted by molar-refractivity contribution is 7.99. The first-order chi connectivity index (χ1) is 12.0. The zero-order valence-electron chi connectivity index (χ0n) is 14.9. The summed E-state index contributed by atoms with van der Waals surface area (Å²) in [6.07, 6.45) is 6.81. The predicted octanol–water partition coefficient (Wildman–Crippen LogP) is 5.20. The zero-order valence-corrected chi connectivity index (χ0v) is 15.7. The summed E-state index contributed by atoms with van der Waals surface area (Å²) in [4.78, 5) is 17.4. The quantitative estimate of drug-likeness (QED) is 0.708. The summed E-state index contributed by atoms with van der Waals surface area (Å²) in [7, 11) is 0. The number of fused-ring (bicyclic) bond motifs is 1. The number of carbonyl (C=O) groups is 1. The van der Waals surface area contributed by atoms with Crippen molar-refractivity contribution in [2.24, 2.45) is 0 Å². The summed E-state index contributed by atoms with van der Waals surface area (Å²) in [6, 6.07) is 10.2. The fraction of sp³-hybridized carbons (Fsp3) is 0.333. The Morgan fingerprint density at radius 1 is 1.28 bits per heavy atom. The van der Waals surface area contributed by atoms with Crippen LogP contribution in [0.4, 0.5) is 0 Å². The van der Waals surface area contributed by atoms with Gasteiger partial charge < -0.3 is 4.74 Å². The number of thioether (sulfide) groups is 1. The SMILES string of the molecule is CCOC(=O)c1ccc(C=Cc2ccc3c(c2)C(C)(C)CCS3)nc1. The van der Waals surface area contributed by atoms with Crippen molar-refractivity contribution in [3.63, 3.8) is 0 Å². The second kappa shape index (κ2) is 7.44. The number of rotatable bonds is 4. The van der Waals surface area contributed by atoms with E-state index in [0.717, 1.165) is 5.69 Å². The van der Waals surface area contributed by atoms with Crippen molar-refractivity contribution in [2.75, 3.05) is 12.4 Å². The Hall–Kier alpha value is -2.07. The molecule has 1 aliphatic heterocycles. The lowest BCUT2D eigenvalue weighted by Gasteiger charge is -2.32. The van der Waals surface area contributed by atoms with Crippen LogP contribution in [0.25, 0.3) is 12.2 Å². The summed E-state index contributed by atoms with van der Waals surface area (Å²) in [5.74, 6) is 0.853. The normalized spacial score (nSPS) is 15.8. The van der Waals surface area contributed by atoms with Crippen LogP contribution in [0, 0.1) is 0 Å². The molecule has 1 aliphatic rings. The predicted molar refractivity (Wildman–Crippen MR) is 104 cm³/mol. The molecule has 1 aromatic heterocycles. The minimum atomic E-state index is -0.333. The first-order valence-electron chi connectivity index (χ1n) is 8.58. The van der Waals surface area contributed by atoms with Gasteiger partial charge in [0.25, 0.3) is 0 Å². The van der Waals surface area contributed by atoms with Gasteiger partial charge in [-0.05, 0) is 59.9 Å². The first-order valence-corrected chi connectivity index (χ1v) is 9.57. The number of esters is 1. The molecule has 1 aromatic carbocycles. The Balaban J connectivity index is 1.77. The average molecular weight is 353 g/mol. The molecule has 0 fully saturated rings. The van der Waals surface area contributed by atoms with E-state index >= 15 is 0 Å². The maximum atomic E-state index is 11.7. The molecule has 0 spiro atoms. The molecule has 0 aliphatic carbocycles. The van der Waals surface area contributed by atoms with Gasteiger partial charge in [-0.3, -0.25) is 4.98 Å². The summed E-state index contributed by atoms with van der Waals surface area (Å²) in [5.41, 5.74) is 4.12. The lowest BCUT2D eigenvalue weighted by molar-refractivity contribution is 0.0526. The van der Waals surface area contributed by atoms with Gasteiger partial charge in [-0.15, -0.1) is 11.8 Å². The summed E-state index contributed by atoms with van der Waals surface area (Å²) in [6.45, 7) is 6.79. The number of ether oxygens (including phenoxy) is 1. The minimum absolute atomic E-state index is 0.226. The molecule has 3 rings (SSSR count). The number of benzene rings is 1. The van der Waals surface area contributed by atoms with Gasteiger partial charge in [-0.1, -0.05) is 32.1 Å². The van der Waals surface area contributed by atoms with Crippen molar-refractivity contribution >= 4 is 29.9 Å². The Bertz CT molecular complexity index is 794. The van der Waals surface area contributed by atoms with Gasteiger partial charge in [0.1, 0.15) is 0 Å². The monoisotopic (exact) mass is 353 g/mol. The average Bonchev–Trinajstić information content (AvgIpc) is 2.61. The van der Waals surface area contributed by atoms with E-state index in [1.54, 1.807) is 19.2 Å². The van der Waals surface area contributed by atoms with E-state index < -0.39 is 0 Å². The molecule has 0 saturated carbocycles. The molecule has 4 heteroatoms. The molecule has 3 nitrogen and oxygen atoms in total. The van der Waals surface area contributed by atoms with Crippen molar-refractivity contribution in [3.05, 3.63) is 58.9 Å². The maximum Gasteiger partial charge on any atom is 0.339 e. The molecule has 0 radical (unpaired) electrons. The van der Waals surface area contributed by atoms with Crippen molar-refractivity contribution in [3.8, 4) is 0 Å². The van der Waals surface area contributed by atoms with Crippen molar-refractivity contribution < 1.29 is 9.53 Å². The van der Waals surface area contributed by atoms with Gasteiger partial charge in [0.05, 0.1) is 17.9 Å². The second-order valence-electron chi connectivity index (χ2n) is 6.76. The third-order valence-electron chi connectivity index (χ3n) is 4.46. The number of nitrogens with zero attached hydrogens (tertiary/aromatic N) is 1. The Labute approximate surface area is 153 Å². The largest absolute Gasteiger partial charge is 0.462 e. The van der Waals surface area contributed by atoms with Gasteiger partial charge in [0, 0.05) is 11.1 Å². The third-order valence-corrected chi connectivity index (χ3v) is 5.54. The molecule has 0 atom stereocenters. The first kappa shape index (κ1) is 17.7. The number of hydrogen-bond donors (Lipinski definition) is 0. The van der Waals surface area contributed by atoms with Crippen molar-refractivity contribution in [1.82, 2.24) is 4.98 Å². The van der Waals surface area contributed by atoms with E-state index in [1.807, 2.05) is 23.9 Å². The van der Waals surface area contributed by atoms with E-state index in [-0.39, 0.29) is 11.4 Å². The van der Waals surface area contributed by atoms with Gasteiger partial charge in [0.2, 0.25) is 0 Å². The lowest BCUT2D eigenvalue weighted by Crippen LogP contribution is -2.22. The molecule has 0 saturated heterocycles. The van der Waals surface area contributed by atoms with E-state index in [2.05, 4.69) is 43.1 Å². The van der Waals surface area contributed by atoms with Crippen molar-refractivity contribution in [1.29, 1.82) is 0 Å². The summed E-state index contributed by atoms with van der Waals surface area (Å²) >= 11 is 1.94. The molecule has 0 amide bonds. The van der Waals surface area contributed by atoms with Crippen LogP contribution in [0.5, 0.6) is 0 Å². The highest BCUT2D eigenvalue weighted by Crippen LogP contribution is 2.41. The fourth-order valence-electron chi connectivity index (χ4n) is 2.88. The smallest absolute Gasteiger partial charge is 0.339 e. The lowest BCUT2D eigenvalue weighted by atomic mass is 9.81. The molecule has 0 N–H and O–H groups in total. The highest BCUT2D eigenvalue weighted by Gasteiger charge is 2.27. The van der Waals surface area contributed by atoms with Crippen LogP contribution in [0.2, 0.25) is 0 Å². The van der Waals surface area contributed by atoms with Crippen LogP contribution in [-0.2, 0) is 10.2 Å². The van der Waals surface area contributed by atoms with Crippen LogP contribution < -0.4 is 0 Å². The molecular weight excluding hydrogens is 330 g/mol. The van der Waals surface area contributed by atoms with Crippen LogP contribution in [0.3, 0.4) is 0 Å². The van der Waals surface area contributed by atoms with E-state index in [4.69, 9.17) is 4.74 Å². The van der Waals surface area contributed by atoms with Crippen LogP contribution in [-0.4, -0.2) is 23.3 Å². The fourth-order valence-corrected chi connectivity index (χ4v) is 4.36. The van der Waals surface area contributed by atoms with E-state index in [9.17, 15) is 4.79 Å². The molecular formula is C21H23NO2S. The van der Waals surface area contributed by atoms with E-state index in [1.165, 1.54) is 28.2 Å². The van der Waals surface area contributed by atoms with E-state index in [0.29, 0.717) is 12.2 Å². The number of aromatic nitrogens is 1. The number of carbonyl (C=O) groups excluding carboxylic acids is 1. The molecule has 2 heterocycles. The van der Waals surface area contributed by atoms with Crippen molar-refractivity contribution in [2.45, 2.75) is 37.5 Å². The van der Waals surface area contributed by atoms with Crippen LogP contribution >= 0.6 is 11.8 Å². The maximum absolute atomic E-state index is 11.7. The van der Waals surface area contributed by atoms with Gasteiger partial charge in [-0.2, -0.15) is 0 Å². The van der Waals surface area contributed by atoms with Crippen LogP contribution in [0.15, 0.2) is 41.4 Å². The standard InChI is InChI=1S/C21H23NO2S/c1-4-24-20(23)16-7-9-17(22-14-16)8-5-15-6-10-19-18(13-15)21(2,3)11-12-25-19/h5-10,13-14H,4,11-12H2,1-3H3. The molecule has 2 aromatic rings. The molecule has 0 bridgehead atoms.